The minimum atomic E-state index is -0.190. The number of anilines is 1. The maximum atomic E-state index is 12.4. The summed E-state index contributed by atoms with van der Waals surface area (Å²) in [6.07, 6.45) is 4.57. The van der Waals surface area contributed by atoms with Crippen LogP contribution in [0.4, 0.5) is 5.69 Å². The molecule has 0 aliphatic heterocycles. The summed E-state index contributed by atoms with van der Waals surface area (Å²) < 4.78 is 1.84. The van der Waals surface area contributed by atoms with Crippen molar-refractivity contribution >= 4 is 17.4 Å². The summed E-state index contributed by atoms with van der Waals surface area (Å²) in [5.41, 5.74) is 3.39. The van der Waals surface area contributed by atoms with Crippen LogP contribution in [-0.4, -0.2) is 31.9 Å². The minimum absolute atomic E-state index is 0.0226. The topological polar surface area (TPSA) is 89.8 Å². The van der Waals surface area contributed by atoms with Crippen LogP contribution in [0, 0.1) is 0 Å². The van der Waals surface area contributed by atoms with Gasteiger partial charge in [0.2, 0.25) is 5.91 Å². The fraction of sp³-hybridized carbons (Fsp3) is 0.348. The molecule has 1 amide bonds. The molecule has 1 N–H and O–H groups in total. The van der Waals surface area contributed by atoms with Gasteiger partial charge in [0, 0.05) is 29.7 Å². The van der Waals surface area contributed by atoms with Gasteiger partial charge in [-0.15, -0.1) is 5.10 Å². The number of Topliss-reactive ketones (excluding diaryl/α,β-unsaturated/α-hetero) is 1. The van der Waals surface area contributed by atoms with E-state index < -0.39 is 0 Å². The van der Waals surface area contributed by atoms with E-state index in [4.69, 9.17) is 0 Å². The SMILES string of the molecule is CCCc1ccc(C(=O)CCC(=O)Nc2cccc(-c3nnnn3C3CC3)c2)cc1. The van der Waals surface area contributed by atoms with Gasteiger partial charge >= 0.3 is 0 Å². The Balaban J connectivity index is 1.34. The molecule has 0 atom stereocenters. The molecule has 3 aromatic rings. The third-order valence-corrected chi connectivity index (χ3v) is 5.18. The summed E-state index contributed by atoms with van der Waals surface area (Å²) in [6, 6.07) is 15.5. The standard InChI is InChI=1S/C23H25N5O2/c1-2-4-16-7-9-17(10-8-16)21(29)13-14-22(30)24-19-6-3-5-18(15-19)23-25-26-27-28(23)20-11-12-20/h3,5-10,15,20H,2,4,11-14H2,1H3,(H,24,30). The first-order chi connectivity index (χ1) is 14.6. The first-order valence-corrected chi connectivity index (χ1v) is 10.4. The van der Waals surface area contributed by atoms with Crippen molar-refractivity contribution in [2.24, 2.45) is 0 Å². The molecule has 1 fully saturated rings. The molecule has 0 bridgehead atoms. The van der Waals surface area contributed by atoms with Crippen molar-refractivity contribution < 1.29 is 9.59 Å². The van der Waals surface area contributed by atoms with E-state index >= 15 is 0 Å². The average Bonchev–Trinajstić information content (AvgIpc) is 3.49. The molecule has 4 rings (SSSR count). The second kappa shape index (κ2) is 8.98. The fourth-order valence-electron chi connectivity index (χ4n) is 3.43. The lowest BCUT2D eigenvalue weighted by atomic mass is 10.0. The second-order valence-electron chi connectivity index (χ2n) is 7.68. The number of hydrogen-bond donors (Lipinski definition) is 1. The van der Waals surface area contributed by atoms with Crippen molar-refractivity contribution in [3.8, 4) is 11.4 Å². The summed E-state index contributed by atoms with van der Waals surface area (Å²) in [4.78, 5) is 24.7. The van der Waals surface area contributed by atoms with Gasteiger partial charge in [0.1, 0.15) is 0 Å². The fourth-order valence-corrected chi connectivity index (χ4v) is 3.43. The van der Waals surface area contributed by atoms with Gasteiger partial charge in [-0.25, -0.2) is 4.68 Å². The molecule has 0 spiro atoms. The summed E-state index contributed by atoms with van der Waals surface area (Å²) in [5.74, 6) is 0.491. The molecule has 2 aromatic carbocycles. The van der Waals surface area contributed by atoms with Gasteiger partial charge in [0.25, 0.3) is 0 Å². The highest BCUT2D eigenvalue weighted by molar-refractivity contribution is 6.00. The first-order valence-electron chi connectivity index (χ1n) is 10.4. The molecule has 0 unspecified atom stereocenters. The van der Waals surface area contributed by atoms with E-state index in [1.165, 1.54) is 5.56 Å². The van der Waals surface area contributed by atoms with E-state index in [9.17, 15) is 9.59 Å². The molecule has 0 saturated heterocycles. The first kappa shape index (κ1) is 19.9. The second-order valence-corrected chi connectivity index (χ2v) is 7.68. The maximum Gasteiger partial charge on any atom is 0.224 e. The Labute approximate surface area is 175 Å². The van der Waals surface area contributed by atoms with Gasteiger partial charge in [-0.2, -0.15) is 0 Å². The third kappa shape index (κ3) is 4.79. The predicted octanol–water partition coefficient (Wildman–Crippen LogP) is 4.23. The Morgan fingerprint density at radius 2 is 1.90 bits per heavy atom. The molecule has 30 heavy (non-hydrogen) atoms. The van der Waals surface area contributed by atoms with Crippen molar-refractivity contribution in [3.63, 3.8) is 0 Å². The van der Waals surface area contributed by atoms with Crippen molar-refractivity contribution in [1.82, 2.24) is 20.2 Å². The number of carbonyl (C=O) groups excluding carboxylic acids is 2. The molecule has 7 nitrogen and oxygen atoms in total. The summed E-state index contributed by atoms with van der Waals surface area (Å²) >= 11 is 0. The highest BCUT2D eigenvalue weighted by Gasteiger charge is 2.28. The van der Waals surface area contributed by atoms with Crippen LogP contribution in [0.5, 0.6) is 0 Å². The molecule has 7 heteroatoms. The smallest absolute Gasteiger partial charge is 0.224 e. The maximum absolute atomic E-state index is 12.4. The Hall–Kier alpha value is -3.35. The number of ketones is 1. The number of rotatable bonds is 9. The van der Waals surface area contributed by atoms with Crippen LogP contribution in [0.3, 0.4) is 0 Å². The number of nitrogens with one attached hydrogen (secondary N) is 1. The Bertz CT molecular complexity index is 1040. The number of benzene rings is 2. The van der Waals surface area contributed by atoms with E-state index in [0.717, 1.165) is 31.2 Å². The zero-order valence-electron chi connectivity index (χ0n) is 17.0. The lowest BCUT2D eigenvalue weighted by Crippen LogP contribution is -2.13. The van der Waals surface area contributed by atoms with E-state index in [-0.39, 0.29) is 24.5 Å². The monoisotopic (exact) mass is 403 g/mol. The summed E-state index contributed by atoms with van der Waals surface area (Å²) in [6.45, 7) is 2.13. The Kier molecular flexibility index (Phi) is 5.97. The highest BCUT2D eigenvalue weighted by Crippen LogP contribution is 2.36. The van der Waals surface area contributed by atoms with E-state index in [0.29, 0.717) is 23.1 Å². The van der Waals surface area contributed by atoms with Gasteiger partial charge in [0.05, 0.1) is 6.04 Å². The molecule has 1 aliphatic carbocycles. The van der Waals surface area contributed by atoms with Crippen LogP contribution >= 0.6 is 0 Å². The summed E-state index contributed by atoms with van der Waals surface area (Å²) in [5, 5.41) is 14.8. The average molecular weight is 403 g/mol. The number of tetrazole rings is 1. The van der Waals surface area contributed by atoms with Crippen LogP contribution in [-0.2, 0) is 11.2 Å². The van der Waals surface area contributed by atoms with E-state index in [1.807, 2.05) is 53.2 Å². The van der Waals surface area contributed by atoms with Crippen LogP contribution in [0.25, 0.3) is 11.4 Å². The van der Waals surface area contributed by atoms with Crippen LogP contribution in [0.2, 0.25) is 0 Å². The quantitative estimate of drug-likeness (QED) is 0.540. The summed E-state index contributed by atoms with van der Waals surface area (Å²) in [7, 11) is 0. The molecular formula is C23H25N5O2. The largest absolute Gasteiger partial charge is 0.326 e. The molecule has 1 heterocycles. The number of aromatic nitrogens is 4. The molecular weight excluding hydrogens is 378 g/mol. The molecule has 1 saturated carbocycles. The minimum Gasteiger partial charge on any atom is -0.326 e. The number of carbonyl (C=O) groups is 2. The lowest BCUT2D eigenvalue weighted by molar-refractivity contribution is -0.116. The van der Waals surface area contributed by atoms with Gasteiger partial charge in [-0.3, -0.25) is 9.59 Å². The van der Waals surface area contributed by atoms with Gasteiger partial charge in [-0.05, 0) is 47.4 Å². The van der Waals surface area contributed by atoms with Crippen molar-refractivity contribution in [2.45, 2.75) is 51.5 Å². The van der Waals surface area contributed by atoms with Crippen molar-refractivity contribution in [1.29, 1.82) is 0 Å². The highest BCUT2D eigenvalue weighted by atomic mass is 16.2. The molecule has 154 valence electrons. The zero-order valence-corrected chi connectivity index (χ0v) is 17.0. The van der Waals surface area contributed by atoms with Gasteiger partial charge < -0.3 is 5.32 Å². The van der Waals surface area contributed by atoms with Crippen LogP contribution in [0.1, 0.15) is 61.0 Å². The molecule has 0 radical (unpaired) electrons. The van der Waals surface area contributed by atoms with Crippen LogP contribution in [0.15, 0.2) is 48.5 Å². The number of amides is 1. The lowest BCUT2D eigenvalue weighted by Gasteiger charge is -2.08. The van der Waals surface area contributed by atoms with Gasteiger partial charge in [-0.1, -0.05) is 49.7 Å². The Morgan fingerprint density at radius 1 is 1.10 bits per heavy atom. The predicted molar refractivity (Wildman–Crippen MR) is 114 cm³/mol. The van der Waals surface area contributed by atoms with E-state index in [2.05, 4.69) is 27.8 Å². The molecule has 1 aromatic heterocycles. The zero-order chi connectivity index (χ0) is 20.9. The van der Waals surface area contributed by atoms with Crippen molar-refractivity contribution in [2.75, 3.05) is 5.32 Å². The number of hydrogen-bond acceptors (Lipinski definition) is 5. The van der Waals surface area contributed by atoms with Crippen LogP contribution < -0.4 is 5.32 Å². The molecule has 1 aliphatic rings. The van der Waals surface area contributed by atoms with Gasteiger partial charge in [0.15, 0.2) is 11.6 Å². The normalized spacial score (nSPS) is 13.2. The number of aryl methyl sites for hydroxylation is 1. The van der Waals surface area contributed by atoms with E-state index in [1.54, 1.807) is 0 Å². The number of nitrogens with zero attached hydrogens (tertiary/aromatic N) is 4. The van der Waals surface area contributed by atoms with Crippen molar-refractivity contribution in [3.05, 3.63) is 59.7 Å². The third-order valence-electron chi connectivity index (χ3n) is 5.18. The Morgan fingerprint density at radius 3 is 2.63 bits per heavy atom.